The smallest absolute Gasteiger partial charge is 0.297 e. The molecule has 10 nitrogen and oxygen atoms in total. The van der Waals surface area contributed by atoms with Crippen LogP contribution in [0.25, 0.3) is 22.4 Å². The zero-order valence-electron chi connectivity index (χ0n) is 37.1. The van der Waals surface area contributed by atoms with Crippen LogP contribution in [0.2, 0.25) is 5.02 Å². The molecule has 5 rings (SSSR count). The Morgan fingerprint density at radius 1 is 0.758 bits per heavy atom. The molecule has 62 heavy (non-hydrogen) atoms. The molecule has 0 atom stereocenters. The van der Waals surface area contributed by atoms with Gasteiger partial charge in [-0.2, -0.15) is 8.42 Å². The lowest BCUT2D eigenvalue weighted by atomic mass is 10.1. The second-order valence-corrected chi connectivity index (χ2v) is 18.6. The Balaban J connectivity index is 1.19. The number of aromatic nitrogens is 5. The summed E-state index contributed by atoms with van der Waals surface area (Å²) in [5.41, 5.74) is 2.90. The third-order valence-corrected chi connectivity index (χ3v) is 13.2. The third kappa shape index (κ3) is 15.6. The first-order chi connectivity index (χ1) is 30.2. The van der Waals surface area contributed by atoms with Gasteiger partial charge in [0, 0.05) is 61.6 Å². The van der Waals surface area contributed by atoms with Crippen LogP contribution in [0.3, 0.4) is 0 Å². The Labute approximate surface area is 374 Å². The van der Waals surface area contributed by atoms with Crippen molar-refractivity contribution in [1.29, 1.82) is 0 Å². The Hall–Kier alpha value is -4.13. The van der Waals surface area contributed by atoms with Gasteiger partial charge in [0.2, 0.25) is 0 Å². The monoisotopic (exact) mass is 890 g/mol. The number of nitrogens with zero attached hydrogens (tertiary/aromatic N) is 6. The van der Waals surface area contributed by atoms with E-state index in [0.717, 1.165) is 31.2 Å². The van der Waals surface area contributed by atoms with Crippen LogP contribution >= 0.6 is 11.6 Å². The fraction of sp³-hybridized carbons (Fsp3) is 0.551. The first-order valence-corrected chi connectivity index (χ1v) is 25.0. The largest absolute Gasteiger partial charge is 0.339 e. The van der Waals surface area contributed by atoms with E-state index >= 15 is 0 Å². The van der Waals surface area contributed by atoms with Crippen molar-refractivity contribution >= 4 is 38.7 Å². The van der Waals surface area contributed by atoms with Crippen molar-refractivity contribution in [1.82, 2.24) is 29.0 Å². The summed E-state index contributed by atoms with van der Waals surface area (Å²) < 4.78 is 50.7. The van der Waals surface area contributed by atoms with Gasteiger partial charge in [0.1, 0.15) is 11.6 Å². The molecule has 0 saturated carbocycles. The highest BCUT2D eigenvalue weighted by atomic mass is 35.5. The molecule has 3 aromatic heterocycles. The molecule has 0 aliphatic carbocycles. The Morgan fingerprint density at radius 2 is 1.34 bits per heavy atom. The molecular formula is C49H68ClFN6O4S. The van der Waals surface area contributed by atoms with Crippen LogP contribution < -0.4 is 0 Å². The van der Waals surface area contributed by atoms with E-state index in [2.05, 4.69) is 23.8 Å². The van der Waals surface area contributed by atoms with E-state index in [1.165, 1.54) is 127 Å². The predicted molar refractivity (Wildman–Crippen MR) is 248 cm³/mol. The Morgan fingerprint density at radius 3 is 1.90 bits per heavy atom. The summed E-state index contributed by atoms with van der Waals surface area (Å²) in [5.74, 6) is -0.213. The van der Waals surface area contributed by atoms with Crippen molar-refractivity contribution in [3.63, 3.8) is 0 Å². The maximum atomic E-state index is 14.5. The van der Waals surface area contributed by atoms with Gasteiger partial charge in [-0.25, -0.2) is 14.4 Å². The number of unbranched alkanes of at least 4 members (excludes halogenated alkanes) is 18. The van der Waals surface area contributed by atoms with E-state index < -0.39 is 15.9 Å². The zero-order chi connectivity index (χ0) is 44.0. The number of carbonyl (C=O) groups excluding carboxylic acids is 1. The molecule has 0 fully saturated rings. The second kappa shape index (κ2) is 26.5. The normalized spacial score (nSPS) is 11.8. The van der Waals surface area contributed by atoms with Gasteiger partial charge in [-0.1, -0.05) is 141 Å². The first-order valence-electron chi connectivity index (χ1n) is 23.2. The van der Waals surface area contributed by atoms with E-state index in [0.29, 0.717) is 47.6 Å². The molecule has 0 bridgehead atoms. The summed E-state index contributed by atoms with van der Waals surface area (Å²) >= 11 is 6.20. The molecule has 338 valence electrons. The molecule has 0 aliphatic heterocycles. The van der Waals surface area contributed by atoms with E-state index in [1.54, 1.807) is 41.6 Å². The van der Waals surface area contributed by atoms with Crippen molar-refractivity contribution in [2.24, 2.45) is 0 Å². The SMILES string of the molecule is CCCCCCCCCCCCN(CCCCCCCCCCCC)C(=O)c1ccc(S(=O)(=O)OCCn2c(-c3cncc(Cn4ccnc4)c3)nc3cc(F)c(Cl)cc32)cc1. The van der Waals surface area contributed by atoms with Gasteiger partial charge < -0.3 is 14.0 Å². The quantitative estimate of drug-likeness (QED) is 0.0322. The van der Waals surface area contributed by atoms with Gasteiger partial charge in [-0.05, 0) is 54.8 Å². The van der Waals surface area contributed by atoms with Crippen LogP contribution in [0.1, 0.15) is 158 Å². The predicted octanol–water partition coefficient (Wildman–Crippen LogP) is 12.8. The van der Waals surface area contributed by atoms with Crippen molar-refractivity contribution < 1.29 is 21.8 Å². The van der Waals surface area contributed by atoms with Crippen molar-refractivity contribution in [2.45, 2.75) is 160 Å². The number of fused-ring (bicyclic) bond motifs is 1. The summed E-state index contributed by atoms with van der Waals surface area (Å²) in [5, 5.41) is -0.0779. The summed E-state index contributed by atoms with van der Waals surface area (Å²) in [6, 6.07) is 10.7. The van der Waals surface area contributed by atoms with E-state index in [1.807, 2.05) is 21.7 Å². The van der Waals surface area contributed by atoms with Gasteiger partial charge in [0.05, 0.1) is 40.4 Å². The maximum Gasteiger partial charge on any atom is 0.297 e. The van der Waals surface area contributed by atoms with Gasteiger partial charge >= 0.3 is 0 Å². The Kier molecular flexibility index (Phi) is 20.9. The summed E-state index contributed by atoms with van der Waals surface area (Å²) in [7, 11) is -4.19. The highest BCUT2D eigenvalue weighted by Crippen LogP contribution is 2.29. The lowest BCUT2D eigenvalue weighted by Gasteiger charge is -2.23. The number of rotatable bonds is 31. The van der Waals surface area contributed by atoms with Gasteiger partial charge in [-0.3, -0.25) is 14.0 Å². The topological polar surface area (TPSA) is 112 Å². The molecule has 2 aromatic carbocycles. The van der Waals surface area contributed by atoms with Gasteiger partial charge in [0.15, 0.2) is 0 Å². The van der Waals surface area contributed by atoms with Gasteiger partial charge in [-0.15, -0.1) is 0 Å². The highest BCUT2D eigenvalue weighted by molar-refractivity contribution is 7.86. The third-order valence-electron chi connectivity index (χ3n) is 11.6. The summed E-state index contributed by atoms with van der Waals surface area (Å²) in [6.45, 7) is 6.26. The van der Waals surface area contributed by atoms with Crippen LogP contribution in [0.4, 0.5) is 4.39 Å². The van der Waals surface area contributed by atoms with E-state index in [4.69, 9.17) is 20.8 Å². The number of hydrogen-bond acceptors (Lipinski definition) is 7. The van der Waals surface area contributed by atoms with Crippen LogP contribution in [0, 0.1) is 5.82 Å². The molecule has 13 heteroatoms. The highest BCUT2D eigenvalue weighted by Gasteiger charge is 2.21. The molecule has 0 unspecified atom stereocenters. The molecule has 1 amide bonds. The number of halogens is 2. The fourth-order valence-corrected chi connectivity index (χ4v) is 9.06. The number of pyridine rings is 1. The molecular weight excluding hydrogens is 823 g/mol. The Bertz CT molecular complexity index is 2150. The number of amides is 1. The molecule has 0 radical (unpaired) electrons. The fourth-order valence-electron chi connectivity index (χ4n) is 8.00. The number of hydrogen-bond donors (Lipinski definition) is 0. The lowest BCUT2D eigenvalue weighted by molar-refractivity contribution is 0.0749. The average Bonchev–Trinajstić information content (AvgIpc) is 3.91. The standard InChI is InChI=1S/C49H68ClFN6O4S/c1-3-5-7-9-11-13-15-17-19-21-28-56(29-22-20-18-16-14-12-10-8-6-4-2)49(58)41-23-25-43(26-24-41)62(59,60)61-32-31-57-47-34-44(50)45(51)35-46(47)54-48(57)42-33-40(36-53-37-42)38-55-30-27-52-39-55/h23-27,30,33-37,39H,3-22,28-29,31-32,38H2,1-2H3. The number of carbonyl (C=O) groups is 1. The molecule has 5 aromatic rings. The van der Waals surface area contributed by atoms with Crippen LogP contribution in [-0.2, 0) is 27.4 Å². The molecule has 3 heterocycles. The molecule has 0 N–H and O–H groups in total. The minimum Gasteiger partial charge on any atom is -0.339 e. The van der Waals surface area contributed by atoms with Crippen LogP contribution in [-0.4, -0.2) is 63.0 Å². The first kappa shape index (κ1) is 48.9. The minimum absolute atomic E-state index is 0.0396. The average molecular weight is 892 g/mol. The van der Waals surface area contributed by atoms with Crippen molar-refractivity contribution in [3.8, 4) is 11.4 Å². The molecule has 0 saturated heterocycles. The molecule has 0 aliphatic rings. The second-order valence-electron chi connectivity index (χ2n) is 16.6. The summed E-state index contributed by atoms with van der Waals surface area (Å²) in [4.78, 5) is 29.0. The lowest BCUT2D eigenvalue weighted by Crippen LogP contribution is -2.33. The van der Waals surface area contributed by atoms with E-state index in [9.17, 15) is 17.6 Å². The van der Waals surface area contributed by atoms with Crippen LogP contribution in [0.5, 0.6) is 0 Å². The summed E-state index contributed by atoms with van der Waals surface area (Å²) in [6.07, 6.45) is 33.3. The van der Waals surface area contributed by atoms with Crippen molar-refractivity contribution in [3.05, 3.63) is 95.5 Å². The number of imidazole rings is 2. The van der Waals surface area contributed by atoms with Crippen molar-refractivity contribution in [2.75, 3.05) is 19.7 Å². The van der Waals surface area contributed by atoms with Gasteiger partial charge in [0.25, 0.3) is 16.0 Å². The number of benzene rings is 2. The zero-order valence-corrected chi connectivity index (χ0v) is 38.7. The van der Waals surface area contributed by atoms with E-state index in [-0.39, 0.29) is 29.0 Å². The minimum atomic E-state index is -4.19. The maximum absolute atomic E-state index is 14.5. The molecule has 0 spiro atoms. The van der Waals surface area contributed by atoms with Crippen LogP contribution in [0.15, 0.2) is 78.5 Å².